The van der Waals surface area contributed by atoms with E-state index in [0.29, 0.717) is 0 Å². The number of piperidine rings is 1. The van der Waals surface area contributed by atoms with Crippen molar-refractivity contribution in [3.05, 3.63) is 0 Å². The van der Waals surface area contributed by atoms with Crippen molar-refractivity contribution in [3.8, 4) is 6.07 Å². The number of nitriles is 1. The minimum absolute atomic E-state index is 0.139. The fourth-order valence-corrected chi connectivity index (χ4v) is 1.26. The van der Waals surface area contributed by atoms with Gasteiger partial charge in [0, 0.05) is 13.1 Å². The lowest BCUT2D eigenvalue weighted by molar-refractivity contribution is 0.228. The first-order valence-corrected chi connectivity index (χ1v) is 3.86. The number of hydrogen-bond donors (Lipinski definition) is 1. The zero-order valence-electron chi connectivity index (χ0n) is 6.80. The number of nitrogens with zero attached hydrogens (tertiary/aromatic N) is 2. The maximum Gasteiger partial charge on any atom is 0.0817 e. The highest BCUT2D eigenvalue weighted by atomic mass is 15.1. The summed E-state index contributed by atoms with van der Waals surface area (Å²) in [5.74, 6) is 0. The normalized spacial score (nSPS) is 22.4. The number of rotatable bonds is 1. The molecule has 0 aromatic rings. The predicted octanol–water partition coefficient (Wildman–Crippen LogP) is 1.22. The van der Waals surface area contributed by atoms with Gasteiger partial charge in [-0.05, 0) is 19.8 Å². The van der Waals surface area contributed by atoms with E-state index in [1.165, 1.54) is 6.34 Å². The first kappa shape index (κ1) is 8.06. The van der Waals surface area contributed by atoms with Gasteiger partial charge in [-0.1, -0.05) is 0 Å². The van der Waals surface area contributed by atoms with Crippen LogP contribution >= 0.6 is 0 Å². The Morgan fingerprint density at radius 2 is 2.09 bits per heavy atom. The molecule has 0 aromatic carbocycles. The van der Waals surface area contributed by atoms with Gasteiger partial charge in [-0.15, -0.1) is 0 Å². The fraction of sp³-hybridized carbons (Fsp3) is 0.750. The molecule has 0 radical (unpaired) electrons. The molecule has 0 aliphatic carbocycles. The average molecular weight is 151 g/mol. The van der Waals surface area contributed by atoms with Crippen molar-refractivity contribution in [2.75, 3.05) is 13.1 Å². The topological polar surface area (TPSA) is 50.9 Å². The molecule has 0 unspecified atom stereocenters. The van der Waals surface area contributed by atoms with Gasteiger partial charge < -0.3 is 4.90 Å². The van der Waals surface area contributed by atoms with Crippen LogP contribution < -0.4 is 0 Å². The first-order valence-electron chi connectivity index (χ1n) is 3.86. The summed E-state index contributed by atoms with van der Waals surface area (Å²) in [6.45, 7) is 3.70. The molecule has 0 amide bonds. The molecule has 0 spiro atoms. The van der Waals surface area contributed by atoms with Gasteiger partial charge in [0.15, 0.2) is 0 Å². The minimum atomic E-state index is -0.139. The van der Waals surface area contributed by atoms with Crippen LogP contribution in [0.4, 0.5) is 0 Å². The number of likely N-dealkylation sites (tertiary alicyclic amines) is 1. The highest BCUT2D eigenvalue weighted by Gasteiger charge is 2.28. The Balaban J connectivity index is 2.49. The quantitative estimate of drug-likeness (QED) is 0.452. The zero-order valence-corrected chi connectivity index (χ0v) is 6.80. The molecule has 3 heteroatoms. The van der Waals surface area contributed by atoms with Crippen LogP contribution in [-0.4, -0.2) is 24.3 Å². The Morgan fingerprint density at radius 3 is 2.45 bits per heavy atom. The van der Waals surface area contributed by atoms with Crippen LogP contribution in [0.2, 0.25) is 0 Å². The minimum Gasteiger partial charge on any atom is -0.363 e. The summed E-state index contributed by atoms with van der Waals surface area (Å²) in [5, 5.41) is 15.8. The third-order valence-electron chi connectivity index (χ3n) is 2.35. The van der Waals surface area contributed by atoms with Crippen molar-refractivity contribution in [2.24, 2.45) is 5.41 Å². The van der Waals surface area contributed by atoms with Crippen molar-refractivity contribution in [1.29, 1.82) is 10.7 Å². The Bertz CT molecular complexity index is 184. The van der Waals surface area contributed by atoms with Crippen LogP contribution in [0.25, 0.3) is 0 Å². The lowest BCUT2D eigenvalue weighted by atomic mass is 9.82. The maximum atomic E-state index is 8.78. The summed E-state index contributed by atoms with van der Waals surface area (Å²) in [7, 11) is 0. The van der Waals surface area contributed by atoms with Crippen molar-refractivity contribution < 1.29 is 0 Å². The maximum absolute atomic E-state index is 8.78. The summed E-state index contributed by atoms with van der Waals surface area (Å²) in [5.41, 5.74) is -0.139. The number of nitrogens with one attached hydrogen (secondary N) is 1. The van der Waals surface area contributed by atoms with Gasteiger partial charge in [-0.25, -0.2) is 0 Å². The first-order chi connectivity index (χ1) is 5.20. The van der Waals surface area contributed by atoms with Crippen LogP contribution in [-0.2, 0) is 0 Å². The van der Waals surface area contributed by atoms with Crippen LogP contribution in [0.5, 0.6) is 0 Å². The van der Waals surface area contributed by atoms with Crippen LogP contribution in [0, 0.1) is 22.2 Å². The monoisotopic (exact) mass is 151 g/mol. The standard InChI is InChI=1S/C8H13N3/c1-8(6-9)2-4-11(7-10)5-3-8/h7,10H,2-5H2,1H3. The molecule has 1 aliphatic rings. The Kier molecular flexibility index (Phi) is 2.13. The van der Waals surface area contributed by atoms with Crippen molar-refractivity contribution in [2.45, 2.75) is 19.8 Å². The molecule has 0 bridgehead atoms. The lowest BCUT2D eigenvalue weighted by Gasteiger charge is -2.33. The van der Waals surface area contributed by atoms with Gasteiger partial charge in [0.05, 0.1) is 17.8 Å². The lowest BCUT2D eigenvalue weighted by Crippen LogP contribution is -2.36. The second-order valence-corrected chi connectivity index (χ2v) is 3.34. The van der Waals surface area contributed by atoms with Gasteiger partial charge in [0.1, 0.15) is 0 Å². The van der Waals surface area contributed by atoms with Crippen molar-refractivity contribution in [1.82, 2.24) is 4.90 Å². The molecule has 0 saturated carbocycles. The highest BCUT2D eigenvalue weighted by molar-refractivity contribution is 5.50. The van der Waals surface area contributed by atoms with Gasteiger partial charge in [0.2, 0.25) is 0 Å². The van der Waals surface area contributed by atoms with E-state index in [4.69, 9.17) is 10.7 Å². The van der Waals surface area contributed by atoms with Crippen LogP contribution in [0.3, 0.4) is 0 Å². The fourth-order valence-electron chi connectivity index (χ4n) is 1.26. The number of hydrogen-bond acceptors (Lipinski definition) is 2. The Morgan fingerprint density at radius 1 is 1.55 bits per heavy atom. The van der Waals surface area contributed by atoms with E-state index in [1.807, 2.05) is 11.8 Å². The van der Waals surface area contributed by atoms with E-state index in [9.17, 15) is 0 Å². The summed E-state index contributed by atoms with van der Waals surface area (Å²) < 4.78 is 0. The molecular formula is C8H13N3. The summed E-state index contributed by atoms with van der Waals surface area (Å²) in [6, 6.07) is 2.32. The van der Waals surface area contributed by atoms with E-state index >= 15 is 0 Å². The van der Waals surface area contributed by atoms with Gasteiger partial charge in [-0.2, -0.15) is 5.26 Å². The van der Waals surface area contributed by atoms with E-state index in [2.05, 4.69) is 6.07 Å². The third kappa shape index (κ3) is 1.70. The summed E-state index contributed by atoms with van der Waals surface area (Å²) in [6.07, 6.45) is 3.13. The van der Waals surface area contributed by atoms with Crippen molar-refractivity contribution >= 4 is 6.34 Å². The molecule has 1 aliphatic heterocycles. The molecule has 1 N–H and O–H groups in total. The molecule has 0 aromatic heterocycles. The molecule has 1 heterocycles. The third-order valence-corrected chi connectivity index (χ3v) is 2.35. The van der Waals surface area contributed by atoms with Crippen LogP contribution in [0.1, 0.15) is 19.8 Å². The molecular weight excluding hydrogens is 138 g/mol. The van der Waals surface area contributed by atoms with E-state index in [-0.39, 0.29) is 5.41 Å². The second kappa shape index (κ2) is 2.91. The van der Waals surface area contributed by atoms with E-state index in [0.717, 1.165) is 25.9 Å². The van der Waals surface area contributed by atoms with E-state index in [1.54, 1.807) is 0 Å². The zero-order chi connectivity index (χ0) is 8.32. The Labute approximate surface area is 67.1 Å². The molecule has 1 fully saturated rings. The summed E-state index contributed by atoms with van der Waals surface area (Å²) >= 11 is 0. The summed E-state index contributed by atoms with van der Waals surface area (Å²) in [4.78, 5) is 1.94. The van der Waals surface area contributed by atoms with Gasteiger partial charge in [0.25, 0.3) is 0 Å². The molecule has 60 valence electrons. The smallest absolute Gasteiger partial charge is 0.0817 e. The molecule has 1 rings (SSSR count). The highest BCUT2D eigenvalue weighted by Crippen LogP contribution is 2.28. The van der Waals surface area contributed by atoms with Crippen molar-refractivity contribution in [3.63, 3.8) is 0 Å². The van der Waals surface area contributed by atoms with E-state index < -0.39 is 0 Å². The Hall–Kier alpha value is -1.04. The van der Waals surface area contributed by atoms with Gasteiger partial charge >= 0.3 is 0 Å². The van der Waals surface area contributed by atoms with Crippen LogP contribution in [0.15, 0.2) is 0 Å². The second-order valence-electron chi connectivity index (χ2n) is 3.34. The molecule has 3 nitrogen and oxygen atoms in total. The van der Waals surface area contributed by atoms with Gasteiger partial charge in [-0.3, -0.25) is 5.41 Å². The average Bonchev–Trinajstić information content (AvgIpc) is 2.06. The molecule has 0 atom stereocenters. The molecule has 1 saturated heterocycles. The predicted molar refractivity (Wildman–Crippen MR) is 43.3 cm³/mol. The SMILES string of the molecule is CC1(C#N)CCN(C=N)CC1. The largest absolute Gasteiger partial charge is 0.363 e. The molecule has 11 heavy (non-hydrogen) atoms.